The highest BCUT2D eigenvalue weighted by Crippen LogP contribution is 2.18. The Morgan fingerprint density at radius 2 is 2.19 bits per heavy atom. The van der Waals surface area contributed by atoms with E-state index in [-0.39, 0.29) is 12.5 Å². The molecule has 0 aliphatic rings. The molecule has 0 atom stereocenters. The lowest BCUT2D eigenvalue weighted by Crippen LogP contribution is -2.23. The molecule has 0 aliphatic heterocycles. The first-order chi connectivity index (χ1) is 10.0. The highest BCUT2D eigenvalue weighted by molar-refractivity contribution is 6.33. The first-order valence-electron chi connectivity index (χ1n) is 6.61. The third-order valence-corrected chi connectivity index (χ3v) is 3.23. The number of hydrogen-bond acceptors (Lipinski definition) is 5. The van der Waals surface area contributed by atoms with Crippen LogP contribution in [0.2, 0.25) is 5.02 Å². The number of hydrogen-bond donors (Lipinski definition) is 2. The first kappa shape index (κ1) is 15.3. The summed E-state index contributed by atoms with van der Waals surface area (Å²) < 4.78 is 5.41. The van der Waals surface area contributed by atoms with Crippen LogP contribution < -0.4 is 10.6 Å². The normalized spacial score (nSPS) is 10.5. The molecule has 2 aromatic heterocycles. The van der Waals surface area contributed by atoms with Crippen LogP contribution in [-0.2, 0) is 6.54 Å². The van der Waals surface area contributed by atoms with Crippen LogP contribution in [0.25, 0.3) is 0 Å². The van der Waals surface area contributed by atoms with Crippen molar-refractivity contribution in [2.24, 2.45) is 0 Å². The first-order valence-corrected chi connectivity index (χ1v) is 6.99. The van der Waals surface area contributed by atoms with E-state index in [2.05, 4.69) is 20.6 Å². The average Bonchev–Trinajstić information content (AvgIpc) is 2.77. The lowest BCUT2D eigenvalue weighted by Gasteiger charge is -2.07. The largest absolute Gasteiger partial charge is 0.444 e. The van der Waals surface area contributed by atoms with Gasteiger partial charge in [-0.2, -0.15) is 0 Å². The topological polar surface area (TPSA) is 80.0 Å². The van der Waals surface area contributed by atoms with Gasteiger partial charge in [-0.15, -0.1) is 0 Å². The van der Waals surface area contributed by atoms with Gasteiger partial charge in [0.1, 0.15) is 11.6 Å². The van der Waals surface area contributed by atoms with Crippen LogP contribution in [0.5, 0.6) is 0 Å². The van der Waals surface area contributed by atoms with Crippen LogP contribution >= 0.6 is 11.6 Å². The maximum Gasteiger partial charge on any atom is 0.253 e. The van der Waals surface area contributed by atoms with Gasteiger partial charge in [0.2, 0.25) is 5.89 Å². The maximum atomic E-state index is 12.2. The molecule has 0 aliphatic carbocycles. The van der Waals surface area contributed by atoms with Gasteiger partial charge in [0.05, 0.1) is 22.8 Å². The Balaban J connectivity index is 2.07. The van der Waals surface area contributed by atoms with E-state index in [4.69, 9.17) is 16.0 Å². The van der Waals surface area contributed by atoms with Crippen molar-refractivity contribution < 1.29 is 9.21 Å². The molecular weight excluding hydrogens is 292 g/mol. The summed E-state index contributed by atoms with van der Waals surface area (Å²) in [7, 11) is 0. The summed E-state index contributed by atoms with van der Waals surface area (Å²) in [5, 5.41) is 6.06. The number of aromatic nitrogens is 2. The van der Waals surface area contributed by atoms with Crippen LogP contribution in [0.4, 0.5) is 5.82 Å². The van der Waals surface area contributed by atoms with Crippen molar-refractivity contribution in [3.05, 3.63) is 40.2 Å². The summed E-state index contributed by atoms with van der Waals surface area (Å²) in [6, 6.07) is 1.62. The molecule has 1 amide bonds. The third kappa shape index (κ3) is 3.72. The number of halogens is 1. The number of oxazole rings is 1. The molecule has 112 valence electrons. The highest BCUT2D eigenvalue weighted by atomic mass is 35.5. The quantitative estimate of drug-likeness (QED) is 0.887. The number of aryl methyl sites for hydroxylation is 2. The van der Waals surface area contributed by atoms with Gasteiger partial charge < -0.3 is 15.1 Å². The standard InChI is InChI=1S/C14H17ClN4O2/c1-4-16-12-5-10(11(15)6-17-12)14(20)18-7-13-19-8(2)9(3)21-13/h5-6H,4,7H2,1-3H3,(H,16,17)(H,18,20). The Hall–Kier alpha value is -2.08. The van der Waals surface area contributed by atoms with Crippen LogP contribution in [0.3, 0.4) is 0 Å². The SMILES string of the molecule is CCNc1cc(C(=O)NCc2nc(C)c(C)o2)c(Cl)cn1. The summed E-state index contributed by atoms with van der Waals surface area (Å²) in [6.07, 6.45) is 1.45. The Labute approximate surface area is 127 Å². The van der Waals surface area contributed by atoms with Crippen molar-refractivity contribution in [2.45, 2.75) is 27.3 Å². The second-order valence-electron chi connectivity index (χ2n) is 4.51. The Morgan fingerprint density at radius 1 is 1.43 bits per heavy atom. The number of rotatable bonds is 5. The van der Waals surface area contributed by atoms with E-state index in [1.165, 1.54) is 6.20 Å². The molecule has 0 radical (unpaired) electrons. The predicted molar refractivity (Wildman–Crippen MR) is 80.6 cm³/mol. The molecule has 21 heavy (non-hydrogen) atoms. The van der Waals surface area contributed by atoms with Crippen LogP contribution in [0.1, 0.15) is 34.6 Å². The van der Waals surface area contributed by atoms with E-state index in [0.29, 0.717) is 28.8 Å². The maximum absolute atomic E-state index is 12.2. The Bertz CT molecular complexity index is 635. The average molecular weight is 309 g/mol. The van der Waals surface area contributed by atoms with Crippen LogP contribution in [0.15, 0.2) is 16.7 Å². The van der Waals surface area contributed by atoms with Crippen LogP contribution in [-0.4, -0.2) is 22.4 Å². The Morgan fingerprint density at radius 3 is 2.81 bits per heavy atom. The number of nitrogens with one attached hydrogen (secondary N) is 2. The van der Waals surface area contributed by atoms with Gasteiger partial charge in [-0.1, -0.05) is 11.6 Å². The van der Waals surface area contributed by atoms with Gasteiger partial charge in [-0.3, -0.25) is 4.79 Å². The number of nitrogens with zero attached hydrogens (tertiary/aromatic N) is 2. The molecule has 7 heteroatoms. The molecule has 0 unspecified atom stereocenters. The minimum atomic E-state index is -0.296. The molecular formula is C14H17ClN4O2. The van der Waals surface area contributed by atoms with Gasteiger partial charge in [0.25, 0.3) is 5.91 Å². The van der Waals surface area contributed by atoms with Crippen molar-refractivity contribution in [3.8, 4) is 0 Å². The zero-order valence-electron chi connectivity index (χ0n) is 12.2. The lowest BCUT2D eigenvalue weighted by molar-refractivity contribution is 0.0947. The molecule has 2 rings (SSSR count). The summed E-state index contributed by atoms with van der Waals surface area (Å²) in [5.74, 6) is 1.52. The minimum absolute atomic E-state index is 0.211. The smallest absolute Gasteiger partial charge is 0.253 e. The minimum Gasteiger partial charge on any atom is -0.444 e. The zero-order chi connectivity index (χ0) is 15.4. The Kier molecular flexibility index (Phi) is 4.80. The molecule has 2 aromatic rings. The molecule has 0 saturated heterocycles. The van der Waals surface area contributed by atoms with Gasteiger partial charge in [-0.25, -0.2) is 9.97 Å². The number of anilines is 1. The number of carbonyl (C=O) groups excluding carboxylic acids is 1. The number of carbonyl (C=O) groups is 1. The third-order valence-electron chi connectivity index (χ3n) is 2.93. The second kappa shape index (κ2) is 6.58. The zero-order valence-corrected chi connectivity index (χ0v) is 12.9. The number of amides is 1. The van der Waals surface area contributed by atoms with E-state index in [9.17, 15) is 4.79 Å². The predicted octanol–water partition coefficient (Wildman–Crippen LogP) is 2.70. The fourth-order valence-corrected chi connectivity index (χ4v) is 1.95. The van der Waals surface area contributed by atoms with Gasteiger partial charge in [-0.05, 0) is 26.8 Å². The molecule has 0 saturated carbocycles. The van der Waals surface area contributed by atoms with Crippen molar-refractivity contribution >= 4 is 23.3 Å². The van der Waals surface area contributed by atoms with E-state index < -0.39 is 0 Å². The molecule has 2 heterocycles. The summed E-state index contributed by atoms with van der Waals surface area (Å²) in [4.78, 5) is 20.5. The van der Waals surface area contributed by atoms with Crippen molar-refractivity contribution in [2.75, 3.05) is 11.9 Å². The fraction of sp³-hybridized carbons (Fsp3) is 0.357. The second-order valence-corrected chi connectivity index (χ2v) is 4.92. The monoisotopic (exact) mass is 308 g/mol. The molecule has 0 bridgehead atoms. The van der Waals surface area contributed by atoms with Crippen molar-refractivity contribution in [1.82, 2.24) is 15.3 Å². The van der Waals surface area contributed by atoms with E-state index in [1.807, 2.05) is 20.8 Å². The van der Waals surface area contributed by atoms with E-state index in [1.54, 1.807) is 6.07 Å². The molecule has 0 spiro atoms. The highest BCUT2D eigenvalue weighted by Gasteiger charge is 2.13. The van der Waals surface area contributed by atoms with E-state index in [0.717, 1.165) is 11.5 Å². The molecule has 6 nitrogen and oxygen atoms in total. The summed E-state index contributed by atoms with van der Waals surface area (Å²) >= 11 is 6.01. The molecule has 2 N–H and O–H groups in total. The van der Waals surface area contributed by atoms with E-state index >= 15 is 0 Å². The van der Waals surface area contributed by atoms with Gasteiger partial charge in [0.15, 0.2) is 0 Å². The van der Waals surface area contributed by atoms with Gasteiger partial charge >= 0.3 is 0 Å². The summed E-state index contributed by atoms with van der Waals surface area (Å²) in [5.41, 5.74) is 1.18. The lowest BCUT2D eigenvalue weighted by atomic mass is 10.2. The van der Waals surface area contributed by atoms with Crippen molar-refractivity contribution in [3.63, 3.8) is 0 Å². The number of pyridine rings is 1. The summed E-state index contributed by atoms with van der Waals surface area (Å²) in [6.45, 7) is 6.55. The van der Waals surface area contributed by atoms with Crippen molar-refractivity contribution in [1.29, 1.82) is 0 Å². The van der Waals surface area contributed by atoms with Gasteiger partial charge in [0, 0.05) is 12.7 Å². The fourth-order valence-electron chi connectivity index (χ4n) is 1.76. The molecule has 0 fully saturated rings. The van der Waals surface area contributed by atoms with Crippen LogP contribution in [0, 0.1) is 13.8 Å². The molecule has 0 aromatic carbocycles.